The highest BCUT2D eigenvalue weighted by atomic mass is 16.5. The Hall–Kier alpha value is -2.56. The van der Waals surface area contributed by atoms with Crippen LogP contribution in [-0.4, -0.2) is 41.5 Å². The van der Waals surface area contributed by atoms with E-state index >= 15 is 0 Å². The van der Waals surface area contributed by atoms with E-state index in [2.05, 4.69) is 23.6 Å². The zero-order chi connectivity index (χ0) is 18.8. The van der Waals surface area contributed by atoms with Gasteiger partial charge in [-0.2, -0.15) is 0 Å². The van der Waals surface area contributed by atoms with Crippen LogP contribution in [-0.2, 0) is 9.53 Å². The van der Waals surface area contributed by atoms with E-state index in [-0.39, 0.29) is 17.8 Å². The van der Waals surface area contributed by atoms with Crippen molar-refractivity contribution in [2.24, 2.45) is 5.92 Å². The molecule has 5 nitrogen and oxygen atoms in total. The molecule has 0 N–H and O–H groups in total. The summed E-state index contributed by atoms with van der Waals surface area (Å²) in [6.45, 7) is 7.28. The van der Waals surface area contributed by atoms with Crippen LogP contribution in [0.1, 0.15) is 40.2 Å². The number of rotatable bonds is 3. The van der Waals surface area contributed by atoms with Crippen LogP contribution in [0, 0.1) is 26.7 Å². The van der Waals surface area contributed by atoms with E-state index in [1.54, 1.807) is 0 Å². The largest absolute Gasteiger partial charge is 0.469 e. The van der Waals surface area contributed by atoms with Crippen LogP contribution in [0.25, 0.3) is 5.69 Å². The van der Waals surface area contributed by atoms with E-state index in [1.807, 2.05) is 36.9 Å². The Balaban J connectivity index is 1.83. The molecular formula is C21H26N2O3. The van der Waals surface area contributed by atoms with Crippen LogP contribution in [0.2, 0.25) is 0 Å². The molecule has 1 amide bonds. The third kappa shape index (κ3) is 3.26. The van der Waals surface area contributed by atoms with Gasteiger partial charge in [0.05, 0.1) is 18.6 Å². The smallest absolute Gasteiger partial charge is 0.308 e. The van der Waals surface area contributed by atoms with Crippen molar-refractivity contribution in [1.29, 1.82) is 0 Å². The fraction of sp³-hybridized carbons (Fsp3) is 0.429. The number of para-hydroxylation sites is 1. The van der Waals surface area contributed by atoms with Gasteiger partial charge in [-0.25, -0.2) is 0 Å². The van der Waals surface area contributed by atoms with Crippen molar-refractivity contribution in [2.75, 3.05) is 20.2 Å². The minimum Gasteiger partial charge on any atom is -0.469 e. The maximum Gasteiger partial charge on any atom is 0.308 e. The van der Waals surface area contributed by atoms with Gasteiger partial charge in [0.1, 0.15) is 0 Å². The first-order chi connectivity index (χ1) is 12.4. The second-order valence-corrected chi connectivity index (χ2v) is 7.00. The molecule has 1 aromatic heterocycles. The number of amides is 1. The normalized spacial score (nSPS) is 15.2. The summed E-state index contributed by atoms with van der Waals surface area (Å²) in [5.74, 6) is -0.223. The number of piperidine rings is 1. The van der Waals surface area contributed by atoms with Gasteiger partial charge in [0, 0.05) is 30.2 Å². The van der Waals surface area contributed by atoms with E-state index in [0.29, 0.717) is 25.9 Å². The van der Waals surface area contributed by atoms with Gasteiger partial charge in [-0.3, -0.25) is 9.59 Å². The van der Waals surface area contributed by atoms with Crippen LogP contribution in [0.4, 0.5) is 0 Å². The minimum atomic E-state index is -0.171. The number of carbonyl (C=O) groups is 2. The lowest BCUT2D eigenvalue weighted by molar-refractivity contribution is -0.146. The molecule has 1 aliphatic rings. The Bertz CT molecular complexity index is 830. The molecule has 1 aromatic carbocycles. The quantitative estimate of drug-likeness (QED) is 0.794. The molecule has 1 saturated heterocycles. The summed E-state index contributed by atoms with van der Waals surface area (Å²) in [7, 11) is 1.42. The van der Waals surface area contributed by atoms with Crippen molar-refractivity contribution >= 4 is 11.9 Å². The molecule has 0 spiro atoms. The molecule has 5 heteroatoms. The number of hydrogen-bond acceptors (Lipinski definition) is 3. The number of esters is 1. The Morgan fingerprint density at radius 3 is 2.35 bits per heavy atom. The van der Waals surface area contributed by atoms with Crippen LogP contribution in [0.3, 0.4) is 0 Å². The molecule has 0 saturated carbocycles. The Morgan fingerprint density at radius 1 is 1.08 bits per heavy atom. The van der Waals surface area contributed by atoms with Crippen molar-refractivity contribution in [2.45, 2.75) is 33.6 Å². The number of ether oxygens (including phenoxy) is 1. The molecule has 2 aromatic rings. The fourth-order valence-electron chi connectivity index (χ4n) is 3.82. The van der Waals surface area contributed by atoms with Gasteiger partial charge in [-0.05, 0) is 51.3 Å². The number of aromatic nitrogens is 1. The number of benzene rings is 1. The van der Waals surface area contributed by atoms with Gasteiger partial charge in [-0.15, -0.1) is 0 Å². The summed E-state index contributed by atoms with van der Waals surface area (Å²) in [5.41, 5.74) is 5.02. The SMILES string of the molecule is COC(=O)C1CCN(C(=O)c2cc(C)n(-c3ccccc3C)c2C)CC1. The van der Waals surface area contributed by atoms with Crippen molar-refractivity contribution in [3.8, 4) is 5.69 Å². The molecule has 26 heavy (non-hydrogen) atoms. The molecule has 0 aliphatic carbocycles. The van der Waals surface area contributed by atoms with E-state index < -0.39 is 0 Å². The molecule has 1 aliphatic heterocycles. The van der Waals surface area contributed by atoms with Crippen molar-refractivity contribution in [3.63, 3.8) is 0 Å². The first-order valence-corrected chi connectivity index (χ1v) is 9.06. The van der Waals surface area contributed by atoms with Crippen molar-refractivity contribution in [3.05, 3.63) is 52.8 Å². The number of hydrogen-bond donors (Lipinski definition) is 0. The van der Waals surface area contributed by atoms with Crippen LogP contribution >= 0.6 is 0 Å². The first-order valence-electron chi connectivity index (χ1n) is 9.06. The number of likely N-dealkylation sites (tertiary alicyclic amines) is 1. The van der Waals surface area contributed by atoms with Crippen LogP contribution < -0.4 is 0 Å². The Kier molecular flexibility index (Phi) is 5.16. The molecule has 0 atom stereocenters. The fourth-order valence-corrected chi connectivity index (χ4v) is 3.82. The maximum absolute atomic E-state index is 13.0. The predicted octanol–water partition coefficient (Wildman–Crippen LogP) is 3.43. The van der Waals surface area contributed by atoms with Gasteiger partial charge in [0.25, 0.3) is 5.91 Å². The van der Waals surface area contributed by atoms with E-state index in [1.165, 1.54) is 12.7 Å². The lowest BCUT2D eigenvalue weighted by atomic mass is 9.96. The zero-order valence-electron chi connectivity index (χ0n) is 15.9. The molecular weight excluding hydrogens is 328 g/mol. The summed E-state index contributed by atoms with van der Waals surface area (Å²) in [5, 5.41) is 0. The number of aryl methyl sites for hydroxylation is 2. The topological polar surface area (TPSA) is 51.5 Å². The van der Waals surface area contributed by atoms with Crippen molar-refractivity contribution < 1.29 is 14.3 Å². The van der Waals surface area contributed by atoms with Gasteiger partial charge >= 0.3 is 5.97 Å². The summed E-state index contributed by atoms with van der Waals surface area (Å²) in [6, 6.07) is 10.2. The Labute approximate surface area is 154 Å². The molecule has 2 heterocycles. The highest BCUT2D eigenvalue weighted by Crippen LogP contribution is 2.26. The first kappa shape index (κ1) is 18.2. The molecule has 0 radical (unpaired) electrons. The third-order valence-electron chi connectivity index (χ3n) is 5.33. The van der Waals surface area contributed by atoms with Crippen molar-refractivity contribution in [1.82, 2.24) is 9.47 Å². The summed E-state index contributed by atoms with van der Waals surface area (Å²) in [6.07, 6.45) is 1.32. The van der Waals surface area contributed by atoms with Gasteiger partial charge in [-0.1, -0.05) is 18.2 Å². The minimum absolute atomic E-state index is 0.0428. The average Bonchev–Trinajstić information content (AvgIpc) is 2.95. The van der Waals surface area contributed by atoms with Crippen LogP contribution in [0.5, 0.6) is 0 Å². The van der Waals surface area contributed by atoms with Gasteiger partial charge in [0.15, 0.2) is 0 Å². The van der Waals surface area contributed by atoms with Gasteiger partial charge in [0.2, 0.25) is 0 Å². The second kappa shape index (κ2) is 7.36. The van der Waals surface area contributed by atoms with E-state index in [0.717, 1.165) is 22.6 Å². The highest BCUT2D eigenvalue weighted by molar-refractivity contribution is 5.96. The summed E-state index contributed by atoms with van der Waals surface area (Å²) in [4.78, 5) is 26.6. The molecule has 138 valence electrons. The second-order valence-electron chi connectivity index (χ2n) is 7.00. The van der Waals surface area contributed by atoms with E-state index in [4.69, 9.17) is 4.74 Å². The van der Waals surface area contributed by atoms with Crippen LogP contribution in [0.15, 0.2) is 30.3 Å². The third-order valence-corrected chi connectivity index (χ3v) is 5.33. The van der Waals surface area contributed by atoms with Gasteiger partial charge < -0.3 is 14.2 Å². The molecule has 0 bridgehead atoms. The molecule has 3 rings (SSSR count). The zero-order valence-corrected chi connectivity index (χ0v) is 15.9. The summed E-state index contributed by atoms with van der Waals surface area (Å²) < 4.78 is 6.97. The molecule has 0 unspecified atom stereocenters. The predicted molar refractivity (Wildman–Crippen MR) is 101 cm³/mol. The monoisotopic (exact) mass is 354 g/mol. The Morgan fingerprint density at radius 2 is 1.73 bits per heavy atom. The average molecular weight is 354 g/mol. The number of methoxy groups -OCH3 is 1. The van der Waals surface area contributed by atoms with E-state index in [9.17, 15) is 9.59 Å². The number of carbonyl (C=O) groups excluding carboxylic acids is 2. The lowest BCUT2D eigenvalue weighted by Gasteiger charge is -2.30. The standard InChI is InChI=1S/C21H26N2O3/c1-14-7-5-6-8-19(14)23-15(2)13-18(16(23)3)20(24)22-11-9-17(10-12-22)21(25)26-4/h5-8,13,17H,9-12H2,1-4H3. The summed E-state index contributed by atoms with van der Waals surface area (Å²) >= 11 is 0. The molecule has 1 fully saturated rings. The lowest BCUT2D eigenvalue weighted by Crippen LogP contribution is -2.40. The highest BCUT2D eigenvalue weighted by Gasteiger charge is 2.29. The number of nitrogens with zero attached hydrogens (tertiary/aromatic N) is 2. The maximum atomic E-state index is 13.0.